The van der Waals surface area contributed by atoms with E-state index in [0.717, 1.165) is 6.26 Å². The summed E-state index contributed by atoms with van der Waals surface area (Å²) in [7, 11) is -7.20. The molecule has 0 saturated carbocycles. The molecule has 7 nitrogen and oxygen atoms in total. The Morgan fingerprint density at radius 2 is 1.73 bits per heavy atom. The van der Waals surface area contributed by atoms with Gasteiger partial charge >= 0.3 is 0 Å². The second-order valence-corrected chi connectivity index (χ2v) is 8.77. The number of hydrogen-bond acceptors (Lipinski definition) is 5. The summed E-state index contributed by atoms with van der Waals surface area (Å²) in [5, 5.41) is 2.50. The number of carbonyl (C=O) groups is 1. The monoisotopic (exact) mass is 348 g/mol. The minimum Gasteiger partial charge on any atom is -0.355 e. The highest BCUT2D eigenvalue weighted by Gasteiger charge is 2.26. The Morgan fingerprint density at radius 1 is 1.14 bits per heavy atom. The van der Waals surface area contributed by atoms with E-state index in [1.807, 2.05) is 0 Å². The van der Waals surface area contributed by atoms with Gasteiger partial charge in [0.15, 0.2) is 0 Å². The Labute approximate surface area is 131 Å². The van der Waals surface area contributed by atoms with Crippen LogP contribution in [-0.4, -0.2) is 47.3 Å². The molecule has 0 heterocycles. The lowest BCUT2D eigenvalue weighted by molar-refractivity contribution is -0.122. The van der Waals surface area contributed by atoms with Crippen molar-refractivity contribution in [2.45, 2.75) is 24.3 Å². The molecule has 0 bridgehead atoms. The van der Waals surface area contributed by atoms with Crippen molar-refractivity contribution in [3.8, 4) is 0 Å². The molecule has 1 aromatic carbocycles. The highest BCUT2D eigenvalue weighted by atomic mass is 32.2. The molecule has 0 aliphatic carbocycles. The molecule has 1 amide bonds. The van der Waals surface area contributed by atoms with Crippen LogP contribution in [0.15, 0.2) is 35.2 Å². The molecule has 0 unspecified atom stereocenters. The number of sulfone groups is 1. The highest BCUT2D eigenvalue weighted by Crippen LogP contribution is 2.09. The molecule has 22 heavy (non-hydrogen) atoms. The van der Waals surface area contributed by atoms with Crippen molar-refractivity contribution in [1.82, 2.24) is 10.0 Å². The molecule has 0 spiro atoms. The van der Waals surface area contributed by atoms with Crippen molar-refractivity contribution >= 4 is 25.8 Å². The Balaban J connectivity index is 2.94. The minimum atomic E-state index is -3.90. The zero-order chi connectivity index (χ0) is 16.8. The third kappa shape index (κ3) is 6.12. The Morgan fingerprint density at radius 3 is 2.23 bits per heavy atom. The number of carbonyl (C=O) groups excluding carboxylic acids is 1. The fourth-order valence-corrected chi connectivity index (χ4v) is 3.64. The molecule has 0 radical (unpaired) electrons. The topological polar surface area (TPSA) is 109 Å². The summed E-state index contributed by atoms with van der Waals surface area (Å²) in [6, 6.07) is 6.45. The van der Waals surface area contributed by atoms with Gasteiger partial charge in [-0.15, -0.1) is 0 Å². The van der Waals surface area contributed by atoms with Crippen LogP contribution in [0.4, 0.5) is 0 Å². The summed E-state index contributed by atoms with van der Waals surface area (Å²) < 4.78 is 49.2. The van der Waals surface area contributed by atoms with E-state index in [4.69, 9.17) is 0 Å². The molecule has 0 aromatic heterocycles. The van der Waals surface area contributed by atoms with Crippen molar-refractivity contribution in [2.75, 3.05) is 18.6 Å². The number of sulfonamides is 1. The molecule has 9 heteroatoms. The lowest BCUT2D eigenvalue weighted by Crippen LogP contribution is -2.47. The first-order valence-corrected chi connectivity index (χ1v) is 10.2. The van der Waals surface area contributed by atoms with E-state index >= 15 is 0 Å². The summed E-state index contributed by atoms with van der Waals surface area (Å²) >= 11 is 0. The number of hydrogen-bond donors (Lipinski definition) is 2. The predicted octanol–water partition coefficient (Wildman–Crippen LogP) is -0.0957. The number of nitrogens with one attached hydrogen (secondary N) is 2. The molecule has 2 N–H and O–H groups in total. The molecule has 0 aliphatic heterocycles. The third-order valence-electron chi connectivity index (χ3n) is 2.80. The zero-order valence-corrected chi connectivity index (χ0v) is 14.1. The first kappa shape index (κ1) is 18.6. The van der Waals surface area contributed by atoms with E-state index in [0.29, 0.717) is 6.54 Å². The first-order valence-electron chi connectivity index (χ1n) is 6.68. The summed E-state index contributed by atoms with van der Waals surface area (Å²) in [5.41, 5.74) is 0. The van der Waals surface area contributed by atoms with Crippen LogP contribution in [0.25, 0.3) is 0 Å². The molecular formula is C13H20N2O5S2. The van der Waals surface area contributed by atoms with Crippen molar-refractivity contribution in [1.29, 1.82) is 0 Å². The van der Waals surface area contributed by atoms with Crippen LogP contribution < -0.4 is 10.0 Å². The van der Waals surface area contributed by atoms with Gasteiger partial charge in [-0.2, -0.15) is 4.72 Å². The van der Waals surface area contributed by atoms with Crippen LogP contribution in [0.3, 0.4) is 0 Å². The fourth-order valence-electron chi connectivity index (χ4n) is 1.73. The van der Waals surface area contributed by atoms with E-state index in [1.54, 1.807) is 25.1 Å². The van der Waals surface area contributed by atoms with Crippen molar-refractivity contribution in [3.05, 3.63) is 30.3 Å². The molecule has 1 aromatic rings. The summed E-state index contributed by atoms with van der Waals surface area (Å²) in [5.74, 6) is -0.836. The van der Waals surface area contributed by atoms with Gasteiger partial charge in [0.1, 0.15) is 15.9 Å². The van der Waals surface area contributed by atoms with Gasteiger partial charge in [-0.25, -0.2) is 16.8 Å². The van der Waals surface area contributed by atoms with E-state index in [-0.39, 0.29) is 17.1 Å². The normalized spacial score (nSPS) is 13.5. The number of benzene rings is 1. The number of amides is 1. The van der Waals surface area contributed by atoms with Crippen LogP contribution in [0.1, 0.15) is 13.3 Å². The molecule has 124 valence electrons. The van der Waals surface area contributed by atoms with E-state index in [9.17, 15) is 21.6 Å². The first-order chi connectivity index (χ1) is 10.2. The molecular weight excluding hydrogens is 328 g/mol. The van der Waals surface area contributed by atoms with Gasteiger partial charge in [-0.05, 0) is 25.5 Å². The Kier molecular flexibility index (Phi) is 6.51. The summed E-state index contributed by atoms with van der Waals surface area (Å²) in [6.45, 7) is 2.01. The second kappa shape index (κ2) is 7.70. The SMILES string of the molecule is CCNC(=O)[C@H](CCS(C)(=O)=O)NS(=O)(=O)c1ccccc1. The van der Waals surface area contributed by atoms with Gasteiger partial charge in [-0.1, -0.05) is 18.2 Å². The van der Waals surface area contributed by atoms with Crippen molar-refractivity contribution in [2.24, 2.45) is 0 Å². The van der Waals surface area contributed by atoms with Gasteiger partial charge in [-0.3, -0.25) is 4.79 Å². The van der Waals surface area contributed by atoms with Gasteiger partial charge < -0.3 is 5.32 Å². The molecule has 1 atom stereocenters. The zero-order valence-electron chi connectivity index (χ0n) is 12.4. The maximum Gasteiger partial charge on any atom is 0.241 e. The van der Waals surface area contributed by atoms with E-state index in [2.05, 4.69) is 10.0 Å². The fraction of sp³-hybridized carbons (Fsp3) is 0.462. The standard InChI is InChI=1S/C13H20N2O5S2/c1-3-14-13(16)12(9-10-21(2,17)18)15-22(19,20)11-7-5-4-6-8-11/h4-8,12,15H,3,9-10H2,1-2H3,(H,14,16)/t12-/m0/s1. The van der Waals surface area contributed by atoms with Gasteiger partial charge in [0.05, 0.1) is 10.6 Å². The highest BCUT2D eigenvalue weighted by molar-refractivity contribution is 7.90. The van der Waals surface area contributed by atoms with E-state index < -0.39 is 31.8 Å². The average Bonchev–Trinajstić information content (AvgIpc) is 2.43. The predicted molar refractivity (Wildman–Crippen MR) is 83.6 cm³/mol. The quantitative estimate of drug-likeness (QED) is 0.682. The molecule has 1 rings (SSSR count). The van der Waals surface area contributed by atoms with Crippen molar-refractivity contribution in [3.63, 3.8) is 0 Å². The maximum atomic E-state index is 12.2. The number of likely N-dealkylation sites (N-methyl/N-ethyl adjacent to an activating group) is 1. The van der Waals surface area contributed by atoms with Crippen LogP contribution >= 0.6 is 0 Å². The Hall–Kier alpha value is -1.45. The average molecular weight is 348 g/mol. The molecule has 0 saturated heterocycles. The van der Waals surface area contributed by atoms with Crippen LogP contribution in [0.5, 0.6) is 0 Å². The smallest absolute Gasteiger partial charge is 0.241 e. The maximum absolute atomic E-state index is 12.2. The summed E-state index contributed by atoms with van der Waals surface area (Å²) in [4.78, 5) is 12.0. The van der Waals surface area contributed by atoms with Gasteiger partial charge in [0.25, 0.3) is 0 Å². The summed E-state index contributed by atoms with van der Waals surface area (Å²) in [6.07, 6.45) is 0.907. The van der Waals surface area contributed by atoms with Gasteiger partial charge in [0, 0.05) is 12.8 Å². The van der Waals surface area contributed by atoms with Crippen molar-refractivity contribution < 1.29 is 21.6 Å². The van der Waals surface area contributed by atoms with Crippen LogP contribution in [-0.2, 0) is 24.7 Å². The lowest BCUT2D eigenvalue weighted by atomic mass is 10.2. The van der Waals surface area contributed by atoms with E-state index in [1.165, 1.54) is 12.1 Å². The van der Waals surface area contributed by atoms with Crippen LogP contribution in [0.2, 0.25) is 0 Å². The number of rotatable bonds is 8. The Bertz CT molecular complexity index is 699. The largest absolute Gasteiger partial charge is 0.355 e. The molecule has 0 aliphatic rings. The molecule has 0 fully saturated rings. The van der Waals surface area contributed by atoms with Crippen LogP contribution in [0, 0.1) is 0 Å². The third-order valence-corrected chi connectivity index (χ3v) is 5.26. The lowest BCUT2D eigenvalue weighted by Gasteiger charge is -2.17. The van der Waals surface area contributed by atoms with Gasteiger partial charge in [0.2, 0.25) is 15.9 Å². The second-order valence-electron chi connectivity index (χ2n) is 4.80. The minimum absolute atomic E-state index is 0.0173.